The third kappa shape index (κ3) is 5.08. The SMILES string of the molecule is C[C@@H](NC(=O)c1cn(C23CC(C2)C3)c(=O)cc1NC1[C@H]2CN(C(=O)OC(C)(C)C)C[C@@H]12)c1cccc(C(F)(F)F)c1. The molecule has 1 saturated heterocycles. The number of benzene rings is 1. The molecule has 5 fully saturated rings. The van der Waals surface area contributed by atoms with E-state index in [1.165, 1.54) is 12.1 Å². The summed E-state index contributed by atoms with van der Waals surface area (Å²) in [5.41, 5.74) is -0.789. The summed E-state index contributed by atoms with van der Waals surface area (Å²) in [4.78, 5) is 41.0. The number of carbonyl (C=O) groups is 2. The van der Waals surface area contributed by atoms with E-state index < -0.39 is 29.3 Å². The molecule has 41 heavy (non-hydrogen) atoms. The lowest BCUT2D eigenvalue weighted by Crippen LogP contribution is -2.62. The number of amides is 2. The molecule has 11 heteroatoms. The number of pyridine rings is 1. The van der Waals surface area contributed by atoms with Crippen LogP contribution in [0.25, 0.3) is 0 Å². The van der Waals surface area contributed by atoms with Crippen LogP contribution in [0.3, 0.4) is 0 Å². The second-order valence-corrected chi connectivity index (χ2v) is 13.2. The summed E-state index contributed by atoms with van der Waals surface area (Å²) in [5, 5.41) is 6.22. The van der Waals surface area contributed by atoms with E-state index in [1.54, 1.807) is 28.7 Å². The van der Waals surface area contributed by atoms with Crippen LogP contribution < -0.4 is 16.2 Å². The van der Waals surface area contributed by atoms with Gasteiger partial charge in [0.25, 0.3) is 11.5 Å². The maximum absolute atomic E-state index is 13.6. The number of ether oxygens (including phenoxy) is 1. The molecule has 0 radical (unpaired) electrons. The van der Waals surface area contributed by atoms with E-state index in [1.807, 2.05) is 20.8 Å². The Morgan fingerprint density at radius 3 is 2.29 bits per heavy atom. The Balaban J connectivity index is 1.21. The van der Waals surface area contributed by atoms with Crippen LogP contribution in [0.1, 0.15) is 74.5 Å². The van der Waals surface area contributed by atoms with Crippen LogP contribution in [0.2, 0.25) is 0 Å². The third-order valence-electron chi connectivity index (χ3n) is 9.04. The molecule has 4 aliphatic carbocycles. The first kappa shape index (κ1) is 27.7. The van der Waals surface area contributed by atoms with Gasteiger partial charge in [-0.15, -0.1) is 0 Å². The fourth-order valence-electron chi connectivity index (χ4n) is 6.67. The van der Waals surface area contributed by atoms with Gasteiger partial charge in [0.1, 0.15) is 5.60 Å². The van der Waals surface area contributed by atoms with Crippen molar-refractivity contribution in [3.05, 3.63) is 63.6 Å². The van der Waals surface area contributed by atoms with Crippen molar-refractivity contribution >= 4 is 17.7 Å². The molecular weight excluding hydrogens is 537 g/mol. The minimum atomic E-state index is -4.49. The van der Waals surface area contributed by atoms with Gasteiger partial charge in [0.2, 0.25) is 0 Å². The molecule has 2 amide bonds. The summed E-state index contributed by atoms with van der Waals surface area (Å²) in [6.45, 7) is 8.14. The predicted molar refractivity (Wildman–Crippen MR) is 146 cm³/mol. The fraction of sp³-hybridized carbons (Fsp3) is 0.567. The highest BCUT2D eigenvalue weighted by Crippen LogP contribution is 2.61. The number of anilines is 1. The minimum absolute atomic E-state index is 0.00803. The molecule has 2 heterocycles. The molecule has 4 atom stereocenters. The van der Waals surface area contributed by atoms with Gasteiger partial charge in [-0.1, -0.05) is 12.1 Å². The first-order chi connectivity index (χ1) is 19.1. The fourth-order valence-corrected chi connectivity index (χ4v) is 6.67. The smallest absolute Gasteiger partial charge is 0.416 e. The van der Waals surface area contributed by atoms with Crippen LogP contribution >= 0.6 is 0 Å². The Morgan fingerprint density at radius 2 is 1.73 bits per heavy atom. The standard InChI is InChI=1S/C30H35F3N4O4/c1-16(18-6-5-7-19(8-18)30(31,32)33)34-26(39)22-15-37(29-10-17(11-29)12-29)24(38)9-23(22)35-25-20-13-36(14-21(20)25)27(40)41-28(2,3)4/h5-9,15-17,20-21,25,35H,10-14H2,1-4H3,(H,34,39)/t16-,17?,20-,21+,25?,29?/m1/s1. The molecule has 2 aromatic rings. The van der Waals surface area contributed by atoms with Gasteiger partial charge in [-0.3, -0.25) is 9.59 Å². The van der Waals surface area contributed by atoms with E-state index in [-0.39, 0.29) is 40.6 Å². The molecule has 5 aliphatic rings. The van der Waals surface area contributed by atoms with E-state index in [0.29, 0.717) is 30.3 Å². The lowest BCUT2D eigenvalue weighted by molar-refractivity contribution is -0.137. The highest BCUT2D eigenvalue weighted by atomic mass is 19.4. The van der Waals surface area contributed by atoms with E-state index in [9.17, 15) is 27.6 Å². The van der Waals surface area contributed by atoms with Crippen LogP contribution in [-0.2, 0) is 16.5 Å². The van der Waals surface area contributed by atoms with Gasteiger partial charge in [0.15, 0.2) is 0 Å². The lowest BCUT2D eigenvalue weighted by atomic mass is 9.49. The monoisotopic (exact) mass is 572 g/mol. The average Bonchev–Trinajstić information content (AvgIpc) is 3.24. The van der Waals surface area contributed by atoms with Crippen LogP contribution in [0.15, 0.2) is 41.3 Å². The van der Waals surface area contributed by atoms with Crippen molar-refractivity contribution in [2.75, 3.05) is 18.4 Å². The molecule has 2 bridgehead atoms. The minimum Gasteiger partial charge on any atom is -0.444 e. The van der Waals surface area contributed by atoms with Crippen molar-refractivity contribution in [1.82, 2.24) is 14.8 Å². The topological polar surface area (TPSA) is 92.7 Å². The Labute approximate surface area is 236 Å². The number of aromatic nitrogens is 1. The summed E-state index contributed by atoms with van der Waals surface area (Å²) in [6.07, 6.45) is -0.499. The molecule has 0 spiro atoms. The number of carbonyl (C=O) groups excluding carboxylic acids is 2. The van der Waals surface area contributed by atoms with Crippen molar-refractivity contribution in [1.29, 1.82) is 0 Å². The van der Waals surface area contributed by atoms with Crippen molar-refractivity contribution < 1.29 is 27.5 Å². The maximum Gasteiger partial charge on any atom is 0.416 e. The molecule has 2 N–H and O–H groups in total. The summed E-state index contributed by atoms with van der Waals surface area (Å²) in [5.74, 6) is 0.487. The number of likely N-dealkylation sites (tertiary alicyclic amines) is 1. The van der Waals surface area contributed by atoms with E-state index in [2.05, 4.69) is 10.6 Å². The number of alkyl halides is 3. The molecule has 1 aromatic heterocycles. The number of hydrogen-bond donors (Lipinski definition) is 2. The summed E-state index contributed by atoms with van der Waals surface area (Å²) in [6, 6.07) is 5.66. The van der Waals surface area contributed by atoms with Crippen LogP contribution in [-0.4, -0.2) is 46.2 Å². The Bertz CT molecular complexity index is 1430. The number of halogens is 3. The second kappa shape index (κ2) is 9.25. The molecule has 8 nitrogen and oxygen atoms in total. The predicted octanol–water partition coefficient (Wildman–Crippen LogP) is 5.14. The number of nitrogens with one attached hydrogen (secondary N) is 2. The van der Waals surface area contributed by atoms with Gasteiger partial charge in [-0.05, 0) is 70.6 Å². The van der Waals surface area contributed by atoms with Gasteiger partial charge >= 0.3 is 12.3 Å². The summed E-state index contributed by atoms with van der Waals surface area (Å²) in [7, 11) is 0. The van der Waals surface area contributed by atoms with Gasteiger partial charge in [0, 0.05) is 48.8 Å². The van der Waals surface area contributed by atoms with Crippen molar-refractivity contribution in [3.8, 4) is 0 Å². The first-order valence-electron chi connectivity index (χ1n) is 14.1. The Kier molecular flexibility index (Phi) is 6.24. The zero-order valence-corrected chi connectivity index (χ0v) is 23.5. The summed E-state index contributed by atoms with van der Waals surface area (Å²) < 4.78 is 46.9. The van der Waals surface area contributed by atoms with Crippen LogP contribution in [0.4, 0.5) is 23.7 Å². The quantitative estimate of drug-likeness (QED) is 0.500. The highest BCUT2D eigenvalue weighted by Gasteiger charge is 2.59. The molecular formula is C30H35F3N4O4. The second-order valence-electron chi connectivity index (χ2n) is 13.2. The molecule has 7 rings (SSSR count). The Morgan fingerprint density at radius 1 is 1.07 bits per heavy atom. The zero-order valence-electron chi connectivity index (χ0n) is 23.5. The molecule has 4 saturated carbocycles. The van der Waals surface area contributed by atoms with Crippen molar-refractivity contribution in [3.63, 3.8) is 0 Å². The third-order valence-corrected chi connectivity index (χ3v) is 9.04. The zero-order chi connectivity index (χ0) is 29.5. The average molecular weight is 573 g/mol. The van der Waals surface area contributed by atoms with Crippen molar-refractivity contribution in [2.45, 2.75) is 76.4 Å². The van der Waals surface area contributed by atoms with Gasteiger partial charge in [0.05, 0.1) is 22.9 Å². The molecule has 1 aromatic carbocycles. The molecule has 1 aliphatic heterocycles. The van der Waals surface area contributed by atoms with E-state index in [0.717, 1.165) is 31.4 Å². The maximum atomic E-state index is 13.6. The van der Waals surface area contributed by atoms with E-state index in [4.69, 9.17) is 4.74 Å². The number of piperidine rings is 1. The lowest BCUT2D eigenvalue weighted by Gasteiger charge is -2.62. The largest absolute Gasteiger partial charge is 0.444 e. The van der Waals surface area contributed by atoms with Crippen LogP contribution in [0, 0.1) is 17.8 Å². The number of hydrogen-bond acceptors (Lipinski definition) is 5. The van der Waals surface area contributed by atoms with Gasteiger partial charge in [-0.2, -0.15) is 13.2 Å². The highest BCUT2D eigenvalue weighted by molar-refractivity contribution is 5.99. The molecule has 220 valence electrons. The Hall–Kier alpha value is -3.50. The number of nitrogens with zero attached hydrogens (tertiary/aromatic N) is 2. The van der Waals surface area contributed by atoms with Gasteiger partial charge < -0.3 is 24.8 Å². The summed E-state index contributed by atoms with van der Waals surface area (Å²) >= 11 is 0. The number of rotatable bonds is 6. The van der Waals surface area contributed by atoms with Crippen LogP contribution in [0.5, 0.6) is 0 Å². The van der Waals surface area contributed by atoms with Gasteiger partial charge in [-0.25, -0.2) is 4.79 Å². The van der Waals surface area contributed by atoms with E-state index >= 15 is 0 Å². The van der Waals surface area contributed by atoms with Crippen molar-refractivity contribution in [2.24, 2.45) is 17.8 Å². The normalized spacial score (nSPS) is 28.6. The number of fused-ring (bicyclic) bond motifs is 1. The molecule has 1 unspecified atom stereocenters. The first-order valence-corrected chi connectivity index (χ1v) is 14.1.